The van der Waals surface area contributed by atoms with Crippen molar-refractivity contribution in [2.75, 3.05) is 0 Å². The van der Waals surface area contributed by atoms with Crippen molar-refractivity contribution in [1.82, 2.24) is 0 Å². The summed E-state index contributed by atoms with van der Waals surface area (Å²) in [5.74, 6) is -0.314. The van der Waals surface area contributed by atoms with Crippen LogP contribution in [0.15, 0.2) is 0 Å². The molecule has 0 aromatic carbocycles. The molecule has 1 unspecified atom stereocenters. The van der Waals surface area contributed by atoms with E-state index in [1.165, 1.54) is 0 Å². The second-order valence-corrected chi connectivity index (χ2v) is 3.89. The predicted molar refractivity (Wildman–Crippen MR) is 43.4 cm³/mol. The van der Waals surface area contributed by atoms with Crippen LogP contribution in [0.4, 0.5) is 8.78 Å². The Kier molecular flexibility index (Phi) is 3.29. The van der Waals surface area contributed by atoms with Crippen LogP contribution in [-0.4, -0.2) is 16.6 Å². The minimum absolute atomic E-state index is 0.314. The van der Waals surface area contributed by atoms with E-state index in [2.05, 4.69) is 0 Å². The van der Waals surface area contributed by atoms with Crippen molar-refractivity contribution in [3.05, 3.63) is 0 Å². The molecule has 1 aliphatic rings. The maximum atomic E-state index is 12.4. The summed E-state index contributed by atoms with van der Waals surface area (Å²) in [5.41, 5.74) is 0. The number of aliphatic hydroxyl groups is 1. The molecule has 12 heavy (non-hydrogen) atoms. The Labute approximate surface area is 75.7 Å². The maximum Gasteiger partial charge on any atom is 0.347 e. The first kappa shape index (κ1) is 10.2. The van der Waals surface area contributed by atoms with Crippen LogP contribution in [0.3, 0.4) is 0 Å². The fourth-order valence-corrected chi connectivity index (χ4v) is 1.90. The smallest absolute Gasteiger partial charge is 0.347 e. The zero-order chi connectivity index (χ0) is 9.19. The van der Waals surface area contributed by atoms with Gasteiger partial charge in [0.15, 0.2) is 0 Å². The molecule has 4 heteroatoms. The summed E-state index contributed by atoms with van der Waals surface area (Å²) in [6, 6.07) is 0. The molecule has 72 valence electrons. The van der Waals surface area contributed by atoms with Crippen LogP contribution in [0.1, 0.15) is 32.1 Å². The second kappa shape index (κ2) is 3.88. The molecule has 1 N–H and O–H groups in total. The number of rotatable bonds is 2. The van der Waals surface area contributed by atoms with Gasteiger partial charge in [0.05, 0.1) is 0 Å². The first-order chi connectivity index (χ1) is 5.52. The molecule has 0 spiro atoms. The highest BCUT2D eigenvalue weighted by Crippen LogP contribution is 2.35. The first-order valence-electron chi connectivity index (χ1n) is 4.26. The summed E-state index contributed by atoms with van der Waals surface area (Å²) in [7, 11) is 0. The average Bonchev–Trinajstić information content (AvgIpc) is 2.03. The summed E-state index contributed by atoms with van der Waals surface area (Å²) < 4.78 is 24.8. The summed E-state index contributed by atoms with van der Waals surface area (Å²) in [6.07, 6.45) is 2.60. The van der Waals surface area contributed by atoms with Crippen molar-refractivity contribution >= 4 is 11.6 Å². The highest BCUT2D eigenvalue weighted by molar-refractivity contribution is 6.22. The van der Waals surface area contributed by atoms with E-state index < -0.39 is 11.5 Å². The van der Waals surface area contributed by atoms with Gasteiger partial charge in [0.25, 0.3) is 0 Å². The average molecular weight is 199 g/mol. The van der Waals surface area contributed by atoms with E-state index in [1.54, 1.807) is 0 Å². The lowest BCUT2D eigenvalue weighted by Crippen LogP contribution is -2.36. The quantitative estimate of drug-likeness (QED) is 0.677. The van der Waals surface area contributed by atoms with Crippen molar-refractivity contribution in [1.29, 1.82) is 0 Å². The van der Waals surface area contributed by atoms with E-state index in [0.717, 1.165) is 19.3 Å². The molecular formula is C8H13ClF2O. The fourth-order valence-electron chi connectivity index (χ4n) is 1.72. The fraction of sp³-hybridized carbons (Fsp3) is 1.00. The van der Waals surface area contributed by atoms with Gasteiger partial charge in [0.1, 0.15) is 6.10 Å². The third-order valence-electron chi connectivity index (χ3n) is 2.43. The van der Waals surface area contributed by atoms with Crippen LogP contribution in [-0.2, 0) is 0 Å². The zero-order valence-corrected chi connectivity index (χ0v) is 7.53. The Bertz CT molecular complexity index is 140. The number of hydrogen-bond acceptors (Lipinski definition) is 1. The molecule has 1 aliphatic carbocycles. The van der Waals surface area contributed by atoms with E-state index in [0.29, 0.717) is 12.8 Å². The van der Waals surface area contributed by atoms with Crippen LogP contribution < -0.4 is 0 Å². The van der Waals surface area contributed by atoms with Gasteiger partial charge >= 0.3 is 5.38 Å². The molecular weight excluding hydrogens is 186 g/mol. The molecule has 1 rings (SSSR count). The monoisotopic (exact) mass is 198 g/mol. The predicted octanol–water partition coefficient (Wildman–Crippen LogP) is 2.76. The molecule has 0 aliphatic heterocycles. The third-order valence-corrected chi connectivity index (χ3v) is 2.66. The first-order valence-corrected chi connectivity index (χ1v) is 4.64. The molecule has 0 aromatic rings. The van der Waals surface area contributed by atoms with E-state index >= 15 is 0 Å². The Morgan fingerprint density at radius 2 is 1.75 bits per heavy atom. The van der Waals surface area contributed by atoms with Gasteiger partial charge in [-0.1, -0.05) is 19.3 Å². The number of aliphatic hydroxyl groups excluding tert-OH is 1. The molecule has 0 aromatic heterocycles. The lowest BCUT2D eigenvalue weighted by atomic mass is 9.85. The van der Waals surface area contributed by atoms with Crippen LogP contribution in [0.2, 0.25) is 0 Å². The Hall–Kier alpha value is 0.110. The van der Waals surface area contributed by atoms with Gasteiger partial charge in [-0.2, -0.15) is 8.78 Å². The topological polar surface area (TPSA) is 20.2 Å². The molecule has 1 fully saturated rings. The molecule has 0 saturated heterocycles. The van der Waals surface area contributed by atoms with Crippen molar-refractivity contribution < 1.29 is 13.9 Å². The summed E-state index contributed by atoms with van der Waals surface area (Å²) in [6.45, 7) is 0. The van der Waals surface area contributed by atoms with Crippen molar-refractivity contribution in [3.63, 3.8) is 0 Å². The molecule has 0 bridgehead atoms. The lowest BCUT2D eigenvalue weighted by molar-refractivity contribution is -0.0777. The Morgan fingerprint density at radius 1 is 1.25 bits per heavy atom. The molecule has 1 nitrogen and oxygen atoms in total. The molecule has 1 atom stereocenters. The van der Waals surface area contributed by atoms with Crippen LogP contribution in [0, 0.1) is 5.92 Å². The Balaban J connectivity index is 2.45. The van der Waals surface area contributed by atoms with Crippen LogP contribution >= 0.6 is 11.6 Å². The SMILES string of the molecule is OC(C1CCCCC1)C(F)(F)Cl. The summed E-state index contributed by atoms with van der Waals surface area (Å²) >= 11 is 4.73. The minimum Gasteiger partial charge on any atom is -0.385 e. The normalized spacial score (nSPS) is 24.0. The second-order valence-electron chi connectivity index (χ2n) is 3.38. The van der Waals surface area contributed by atoms with E-state index in [1.807, 2.05) is 0 Å². The number of alkyl halides is 3. The maximum absolute atomic E-state index is 12.4. The zero-order valence-electron chi connectivity index (χ0n) is 6.77. The largest absolute Gasteiger partial charge is 0.385 e. The van der Waals surface area contributed by atoms with Gasteiger partial charge in [-0.15, -0.1) is 0 Å². The van der Waals surface area contributed by atoms with E-state index in [9.17, 15) is 8.78 Å². The molecule has 0 radical (unpaired) electrons. The van der Waals surface area contributed by atoms with Gasteiger partial charge in [-0.3, -0.25) is 0 Å². The van der Waals surface area contributed by atoms with Crippen molar-refractivity contribution in [2.45, 2.75) is 43.6 Å². The van der Waals surface area contributed by atoms with Gasteiger partial charge in [0.2, 0.25) is 0 Å². The van der Waals surface area contributed by atoms with Crippen LogP contribution in [0.5, 0.6) is 0 Å². The molecule has 0 heterocycles. The summed E-state index contributed by atoms with van der Waals surface area (Å²) in [4.78, 5) is 0. The van der Waals surface area contributed by atoms with Gasteiger partial charge in [0, 0.05) is 0 Å². The number of hydrogen-bond donors (Lipinski definition) is 1. The van der Waals surface area contributed by atoms with Gasteiger partial charge < -0.3 is 5.11 Å². The van der Waals surface area contributed by atoms with Crippen LogP contribution in [0.25, 0.3) is 0 Å². The lowest BCUT2D eigenvalue weighted by Gasteiger charge is -2.28. The highest BCUT2D eigenvalue weighted by Gasteiger charge is 2.41. The Morgan fingerprint density at radius 3 is 2.17 bits per heavy atom. The minimum atomic E-state index is -3.46. The third kappa shape index (κ3) is 2.56. The van der Waals surface area contributed by atoms with Gasteiger partial charge in [-0.25, -0.2) is 0 Å². The van der Waals surface area contributed by atoms with Gasteiger partial charge in [-0.05, 0) is 30.4 Å². The molecule has 1 saturated carbocycles. The van der Waals surface area contributed by atoms with E-state index in [4.69, 9.17) is 16.7 Å². The highest BCUT2D eigenvalue weighted by atomic mass is 35.5. The van der Waals surface area contributed by atoms with Crippen molar-refractivity contribution in [3.8, 4) is 0 Å². The van der Waals surface area contributed by atoms with Crippen molar-refractivity contribution in [2.24, 2.45) is 5.92 Å². The standard InChI is InChI=1S/C8H13ClF2O/c9-8(10,11)7(12)6-4-2-1-3-5-6/h6-7,12H,1-5H2. The molecule has 0 amide bonds. The number of halogens is 3. The van der Waals surface area contributed by atoms with E-state index in [-0.39, 0.29) is 5.92 Å². The summed E-state index contributed by atoms with van der Waals surface area (Å²) in [5, 5.41) is 5.67.